The predicted octanol–water partition coefficient (Wildman–Crippen LogP) is 0.496. The normalized spacial score (nSPS) is 19.7. The van der Waals surface area contributed by atoms with Crippen molar-refractivity contribution in [1.82, 2.24) is 15.5 Å². The zero-order chi connectivity index (χ0) is 16.0. The van der Waals surface area contributed by atoms with Gasteiger partial charge in [-0.25, -0.2) is 4.79 Å². The Labute approximate surface area is 125 Å². The lowest BCUT2D eigenvalue weighted by Gasteiger charge is -2.30. The van der Waals surface area contributed by atoms with Crippen LogP contribution in [0.25, 0.3) is 0 Å². The lowest BCUT2D eigenvalue weighted by molar-refractivity contribution is -0.147. The summed E-state index contributed by atoms with van der Waals surface area (Å²) < 4.78 is 4.73. The van der Waals surface area contributed by atoms with Gasteiger partial charge in [0.05, 0.1) is 19.6 Å². The molecule has 21 heavy (non-hydrogen) atoms. The van der Waals surface area contributed by atoms with Crippen molar-refractivity contribution < 1.29 is 19.1 Å². The molecule has 120 valence electrons. The summed E-state index contributed by atoms with van der Waals surface area (Å²) in [5.41, 5.74) is -0.397. The number of imide groups is 1. The van der Waals surface area contributed by atoms with Gasteiger partial charge in [0.2, 0.25) is 5.91 Å². The summed E-state index contributed by atoms with van der Waals surface area (Å²) in [4.78, 5) is 36.8. The van der Waals surface area contributed by atoms with Gasteiger partial charge in [-0.15, -0.1) is 0 Å². The molecule has 1 aliphatic heterocycles. The van der Waals surface area contributed by atoms with E-state index in [0.717, 1.165) is 19.4 Å². The standard InChI is InChI=1S/C14H25N3O4/c1-14(2,3)16-13(20)15-11(18)9-17-7-5-6-10(8-17)12(19)21-4/h10H,5-9H2,1-4H3,(H2,15,16,18,20)/t10-/m0/s1. The van der Waals surface area contributed by atoms with Gasteiger partial charge in [-0.1, -0.05) is 0 Å². The highest BCUT2D eigenvalue weighted by Crippen LogP contribution is 2.17. The first-order valence-corrected chi connectivity index (χ1v) is 7.13. The number of rotatable bonds is 3. The van der Waals surface area contributed by atoms with E-state index < -0.39 is 11.6 Å². The van der Waals surface area contributed by atoms with Crippen LogP contribution in [0.5, 0.6) is 0 Å². The molecule has 3 amide bonds. The smallest absolute Gasteiger partial charge is 0.321 e. The highest BCUT2D eigenvalue weighted by molar-refractivity contribution is 5.95. The fourth-order valence-electron chi connectivity index (χ4n) is 2.30. The maximum atomic E-state index is 11.8. The molecular formula is C14H25N3O4. The van der Waals surface area contributed by atoms with Crippen LogP contribution in [0.4, 0.5) is 4.79 Å². The number of amides is 3. The van der Waals surface area contributed by atoms with Crippen LogP contribution in [0.1, 0.15) is 33.6 Å². The van der Waals surface area contributed by atoms with Crippen molar-refractivity contribution in [2.75, 3.05) is 26.7 Å². The van der Waals surface area contributed by atoms with E-state index in [1.54, 1.807) is 0 Å². The van der Waals surface area contributed by atoms with Gasteiger partial charge in [0.25, 0.3) is 0 Å². The van der Waals surface area contributed by atoms with Gasteiger partial charge in [-0.2, -0.15) is 0 Å². The van der Waals surface area contributed by atoms with Crippen LogP contribution in [0.15, 0.2) is 0 Å². The second-order valence-corrected chi connectivity index (χ2v) is 6.35. The minimum Gasteiger partial charge on any atom is -0.469 e. The van der Waals surface area contributed by atoms with Crippen molar-refractivity contribution in [3.05, 3.63) is 0 Å². The van der Waals surface area contributed by atoms with Crippen LogP contribution in [-0.2, 0) is 14.3 Å². The summed E-state index contributed by atoms with van der Waals surface area (Å²) in [5.74, 6) is -0.812. The highest BCUT2D eigenvalue weighted by Gasteiger charge is 2.27. The molecule has 1 fully saturated rings. The molecule has 7 heteroatoms. The molecule has 0 aliphatic carbocycles. The number of hydrogen-bond acceptors (Lipinski definition) is 5. The van der Waals surface area contributed by atoms with Crippen molar-refractivity contribution in [3.63, 3.8) is 0 Å². The van der Waals surface area contributed by atoms with E-state index in [0.29, 0.717) is 6.54 Å². The minimum atomic E-state index is -0.506. The number of carbonyl (C=O) groups excluding carboxylic acids is 3. The number of esters is 1. The SMILES string of the molecule is COC(=O)[C@H]1CCCN(CC(=O)NC(=O)NC(C)(C)C)C1. The number of likely N-dealkylation sites (tertiary alicyclic amines) is 1. The number of piperidine rings is 1. The molecule has 0 aromatic rings. The summed E-state index contributed by atoms with van der Waals surface area (Å²) in [6, 6.07) is -0.506. The fraction of sp³-hybridized carbons (Fsp3) is 0.786. The Morgan fingerprint density at radius 3 is 2.52 bits per heavy atom. The first-order chi connectivity index (χ1) is 9.71. The molecule has 0 spiro atoms. The maximum absolute atomic E-state index is 11.8. The van der Waals surface area contributed by atoms with E-state index in [2.05, 4.69) is 10.6 Å². The van der Waals surface area contributed by atoms with E-state index in [9.17, 15) is 14.4 Å². The van der Waals surface area contributed by atoms with Gasteiger partial charge < -0.3 is 10.1 Å². The lowest BCUT2D eigenvalue weighted by Crippen LogP contribution is -2.51. The highest BCUT2D eigenvalue weighted by atomic mass is 16.5. The molecule has 0 unspecified atom stereocenters. The van der Waals surface area contributed by atoms with Gasteiger partial charge in [-0.3, -0.25) is 19.8 Å². The molecule has 0 aromatic carbocycles. The zero-order valence-corrected chi connectivity index (χ0v) is 13.2. The Morgan fingerprint density at radius 2 is 1.95 bits per heavy atom. The number of nitrogens with zero attached hydrogens (tertiary/aromatic N) is 1. The molecule has 1 saturated heterocycles. The van der Waals surface area contributed by atoms with E-state index in [1.807, 2.05) is 25.7 Å². The van der Waals surface area contributed by atoms with Crippen LogP contribution in [0, 0.1) is 5.92 Å². The number of nitrogens with one attached hydrogen (secondary N) is 2. The first-order valence-electron chi connectivity index (χ1n) is 7.13. The van der Waals surface area contributed by atoms with Gasteiger partial charge in [-0.05, 0) is 40.2 Å². The van der Waals surface area contributed by atoms with Crippen LogP contribution in [0.3, 0.4) is 0 Å². The van der Waals surface area contributed by atoms with Crippen LogP contribution >= 0.6 is 0 Å². The lowest BCUT2D eigenvalue weighted by atomic mass is 9.98. The van der Waals surface area contributed by atoms with Crippen LogP contribution in [0.2, 0.25) is 0 Å². The van der Waals surface area contributed by atoms with Gasteiger partial charge >= 0.3 is 12.0 Å². The Balaban J connectivity index is 2.40. The molecule has 2 N–H and O–H groups in total. The summed E-state index contributed by atoms with van der Waals surface area (Å²) in [7, 11) is 1.37. The van der Waals surface area contributed by atoms with Crippen molar-refractivity contribution in [2.24, 2.45) is 5.92 Å². The van der Waals surface area contributed by atoms with Crippen molar-refractivity contribution in [1.29, 1.82) is 0 Å². The molecule has 1 aliphatic rings. The number of methoxy groups -OCH3 is 1. The zero-order valence-electron chi connectivity index (χ0n) is 13.2. The largest absolute Gasteiger partial charge is 0.469 e. The monoisotopic (exact) mass is 299 g/mol. The topological polar surface area (TPSA) is 87.7 Å². The Kier molecular flexibility index (Phi) is 6.14. The van der Waals surface area contributed by atoms with E-state index in [4.69, 9.17) is 4.74 Å². The average Bonchev–Trinajstić information content (AvgIpc) is 2.35. The second kappa shape index (κ2) is 7.40. The summed E-state index contributed by atoms with van der Waals surface area (Å²) in [5, 5.41) is 4.95. The molecule has 1 heterocycles. The molecule has 0 bridgehead atoms. The first kappa shape index (κ1) is 17.4. The molecule has 0 saturated carbocycles. The molecule has 1 rings (SSSR count). The third kappa shape index (κ3) is 6.57. The Bertz CT molecular complexity index is 404. The number of urea groups is 1. The molecule has 1 atom stereocenters. The second-order valence-electron chi connectivity index (χ2n) is 6.35. The molecule has 7 nitrogen and oxygen atoms in total. The van der Waals surface area contributed by atoms with Crippen molar-refractivity contribution in [3.8, 4) is 0 Å². The molecule has 0 radical (unpaired) electrons. The molecule has 0 aromatic heterocycles. The number of ether oxygens (including phenoxy) is 1. The average molecular weight is 299 g/mol. The third-order valence-electron chi connectivity index (χ3n) is 3.15. The minimum absolute atomic E-state index is 0.102. The number of hydrogen-bond donors (Lipinski definition) is 2. The third-order valence-corrected chi connectivity index (χ3v) is 3.15. The maximum Gasteiger partial charge on any atom is 0.321 e. The fourth-order valence-corrected chi connectivity index (χ4v) is 2.30. The van der Waals surface area contributed by atoms with Crippen LogP contribution in [-0.4, -0.2) is 55.1 Å². The van der Waals surface area contributed by atoms with Crippen molar-refractivity contribution >= 4 is 17.9 Å². The quantitative estimate of drug-likeness (QED) is 0.741. The molecular weight excluding hydrogens is 274 g/mol. The van der Waals surface area contributed by atoms with Gasteiger partial charge in [0.1, 0.15) is 0 Å². The Morgan fingerprint density at radius 1 is 1.29 bits per heavy atom. The predicted molar refractivity (Wildman–Crippen MR) is 77.6 cm³/mol. The van der Waals surface area contributed by atoms with E-state index >= 15 is 0 Å². The summed E-state index contributed by atoms with van der Waals surface area (Å²) >= 11 is 0. The van der Waals surface area contributed by atoms with E-state index in [1.165, 1.54) is 7.11 Å². The number of carbonyl (C=O) groups is 3. The van der Waals surface area contributed by atoms with E-state index in [-0.39, 0.29) is 24.3 Å². The summed E-state index contributed by atoms with van der Waals surface area (Å²) in [6.07, 6.45) is 1.61. The van der Waals surface area contributed by atoms with Crippen molar-refractivity contribution in [2.45, 2.75) is 39.2 Å². The Hall–Kier alpha value is -1.63. The van der Waals surface area contributed by atoms with Gasteiger partial charge in [0, 0.05) is 12.1 Å². The van der Waals surface area contributed by atoms with Gasteiger partial charge in [0.15, 0.2) is 0 Å². The summed E-state index contributed by atoms with van der Waals surface area (Å²) in [6.45, 7) is 6.84. The van der Waals surface area contributed by atoms with Crippen LogP contribution < -0.4 is 10.6 Å².